The first-order valence-corrected chi connectivity index (χ1v) is 19.4. The second-order valence-corrected chi connectivity index (χ2v) is 15.1. The summed E-state index contributed by atoms with van der Waals surface area (Å²) >= 11 is 0. The molecule has 0 aromatic heterocycles. The lowest BCUT2D eigenvalue weighted by Crippen LogP contribution is -2.44. The van der Waals surface area contributed by atoms with Gasteiger partial charge in [0.2, 0.25) is 0 Å². The monoisotopic (exact) mass is 1200 g/mol. The van der Waals surface area contributed by atoms with E-state index in [2.05, 4.69) is 42.6 Å². The molecule has 0 aliphatic carbocycles. The second kappa shape index (κ2) is 26.8. The average molecular weight is 1200 g/mol. The van der Waals surface area contributed by atoms with E-state index in [-0.39, 0.29) is 6.92 Å². The van der Waals surface area contributed by atoms with Crippen LogP contribution in [0.4, 0.5) is 132 Å². The highest BCUT2D eigenvalue weighted by Crippen LogP contribution is 2.40. The van der Waals surface area contributed by atoms with Crippen molar-refractivity contribution < 1.29 is 189 Å². The Morgan fingerprint density at radius 3 is 0.684 bits per heavy atom. The van der Waals surface area contributed by atoms with E-state index in [4.69, 9.17) is 0 Å². The van der Waals surface area contributed by atoms with Crippen LogP contribution in [-0.4, -0.2) is 188 Å². The molecule has 0 saturated carbocycles. The number of halogens is 30. The number of alkyl halides is 30. The molecule has 0 rings (SSSR count). The molecule has 12 nitrogen and oxygen atoms in total. The molecule has 0 aliphatic rings. The highest BCUT2D eigenvalue weighted by atomic mass is 19.5. The van der Waals surface area contributed by atoms with Gasteiger partial charge in [-0.2, -0.15) is 132 Å². The number of esters is 3. The van der Waals surface area contributed by atoms with Crippen LogP contribution in [0.25, 0.3) is 0 Å². The summed E-state index contributed by atoms with van der Waals surface area (Å²) in [5.41, 5.74) is 0. The van der Waals surface area contributed by atoms with Crippen LogP contribution in [0.5, 0.6) is 0 Å². The Labute approximate surface area is 402 Å². The number of hydrogen-bond acceptors (Lipinski definition) is 12. The van der Waals surface area contributed by atoms with Crippen molar-refractivity contribution in [3.05, 3.63) is 0 Å². The van der Waals surface area contributed by atoms with E-state index in [1.54, 1.807) is 0 Å². The summed E-state index contributed by atoms with van der Waals surface area (Å²) in [4.78, 5) is 39.8. The summed E-state index contributed by atoms with van der Waals surface area (Å²) in [5.74, 6) is -48.1. The smallest absolute Gasteiger partial charge is 0.455 e. The SMILES string of the molecule is CC(C(=O)OC(COCC(F)(F)C(F)(F)F)COCC(F)(F)C(F)(F)F)C(CC(=O)OC(COCC(F)(F)C(F)(F)F)COCC(F)(F)C(F)(F)F)C(=O)OC(COCC(F)(F)C(F)(F)F)COCC(F)(F)C(F)(F)F. The third-order valence-corrected chi connectivity index (χ3v) is 8.54. The van der Waals surface area contributed by atoms with E-state index >= 15 is 0 Å². The van der Waals surface area contributed by atoms with Crippen LogP contribution in [-0.2, 0) is 57.0 Å². The van der Waals surface area contributed by atoms with Crippen LogP contribution in [0.3, 0.4) is 0 Å². The molecule has 0 radical (unpaired) electrons. The van der Waals surface area contributed by atoms with Gasteiger partial charge in [-0.15, -0.1) is 0 Å². The van der Waals surface area contributed by atoms with E-state index < -0.39 is 206 Å². The first kappa shape index (κ1) is 72.1. The first-order chi connectivity index (χ1) is 33.6. The highest BCUT2D eigenvalue weighted by Gasteiger charge is 2.62. The van der Waals surface area contributed by atoms with Crippen LogP contribution in [0, 0.1) is 11.8 Å². The summed E-state index contributed by atoms with van der Waals surface area (Å²) in [5, 5.41) is 0. The molecular formula is C34H34F30O12. The zero-order valence-electron chi connectivity index (χ0n) is 36.8. The summed E-state index contributed by atoms with van der Waals surface area (Å²) in [6, 6.07) is 0. The Balaban J connectivity index is 7.36. The Bertz CT molecular complexity index is 1700. The normalized spacial score (nSPS) is 15.4. The third kappa shape index (κ3) is 23.2. The van der Waals surface area contributed by atoms with E-state index in [1.807, 2.05) is 0 Å². The number of carbonyl (C=O) groups is 3. The molecule has 0 fully saturated rings. The van der Waals surface area contributed by atoms with Crippen LogP contribution < -0.4 is 0 Å². The van der Waals surface area contributed by atoms with Crippen molar-refractivity contribution in [2.45, 2.75) is 104 Å². The van der Waals surface area contributed by atoms with Gasteiger partial charge in [-0.3, -0.25) is 14.4 Å². The van der Waals surface area contributed by atoms with Crippen molar-refractivity contribution >= 4 is 17.9 Å². The zero-order chi connectivity index (χ0) is 60.2. The molecule has 0 heterocycles. The van der Waals surface area contributed by atoms with Gasteiger partial charge in [-0.1, -0.05) is 6.92 Å². The van der Waals surface area contributed by atoms with E-state index in [9.17, 15) is 146 Å². The van der Waals surface area contributed by atoms with Gasteiger partial charge >= 0.3 is 90.5 Å². The van der Waals surface area contributed by atoms with Gasteiger partial charge in [-0.05, 0) is 0 Å². The predicted octanol–water partition coefficient (Wildman–Crippen LogP) is 9.65. The van der Waals surface area contributed by atoms with E-state index in [0.717, 1.165) is 0 Å². The molecule has 0 aliphatic heterocycles. The maximum absolute atomic E-state index is 13.5. The summed E-state index contributed by atoms with van der Waals surface area (Å²) < 4.78 is 427. The molecule has 0 spiro atoms. The van der Waals surface area contributed by atoms with Gasteiger partial charge < -0.3 is 42.6 Å². The molecule has 452 valence electrons. The fourth-order valence-corrected chi connectivity index (χ4v) is 4.32. The molecule has 2 unspecified atom stereocenters. The molecule has 76 heavy (non-hydrogen) atoms. The molecule has 0 saturated heterocycles. The Hall–Kier alpha value is -3.93. The topological polar surface area (TPSA) is 134 Å². The summed E-state index contributed by atoms with van der Waals surface area (Å²) in [7, 11) is 0. The minimum atomic E-state index is -6.48. The largest absolute Gasteiger partial charge is 0.457 e. The minimum absolute atomic E-state index is 0.230. The van der Waals surface area contributed by atoms with E-state index in [0.29, 0.717) is 0 Å². The highest BCUT2D eigenvalue weighted by molar-refractivity contribution is 5.86. The zero-order valence-corrected chi connectivity index (χ0v) is 36.8. The van der Waals surface area contributed by atoms with Crippen LogP contribution >= 0.6 is 0 Å². The van der Waals surface area contributed by atoms with Gasteiger partial charge in [0, 0.05) is 0 Å². The lowest BCUT2D eigenvalue weighted by Gasteiger charge is -2.28. The molecular weight excluding hydrogens is 1170 g/mol. The maximum atomic E-state index is 13.5. The summed E-state index contributed by atoms with van der Waals surface area (Å²) in [6.07, 6.45) is -49.4. The fraction of sp³-hybridized carbons (Fsp3) is 0.912. The van der Waals surface area contributed by atoms with Crippen molar-refractivity contribution in [1.82, 2.24) is 0 Å². The van der Waals surface area contributed by atoms with Crippen molar-refractivity contribution in [3.63, 3.8) is 0 Å². The van der Waals surface area contributed by atoms with Crippen molar-refractivity contribution in [3.8, 4) is 0 Å². The van der Waals surface area contributed by atoms with Gasteiger partial charge in [0.25, 0.3) is 0 Å². The molecule has 0 amide bonds. The van der Waals surface area contributed by atoms with Crippen LogP contribution in [0.1, 0.15) is 13.3 Å². The standard InChI is InChI=1S/C34H34F30O12/c1-15(21(66)75-17(5-70-11-25(39,40)31(53,54)55)6-71-12-26(41,42)32(56,57)58)19(22(67)76-18(7-72-13-27(43,44)33(59,60)61)8-73-14-28(45,46)34(62,63)64)2-20(65)74-16(3-68-9-23(35,36)29(47,48)49)4-69-10-24(37,38)30(50,51)52/h15-19H,2-14H2,1H3. The van der Waals surface area contributed by atoms with Crippen molar-refractivity contribution in [1.29, 1.82) is 0 Å². The van der Waals surface area contributed by atoms with Crippen molar-refractivity contribution in [2.24, 2.45) is 11.8 Å². The Kier molecular flexibility index (Phi) is 25.4. The summed E-state index contributed by atoms with van der Waals surface area (Å²) in [6.45, 7) is -28.5. The van der Waals surface area contributed by atoms with Crippen LogP contribution in [0.2, 0.25) is 0 Å². The van der Waals surface area contributed by atoms with Gasteiger partial charge in [0.05, 0.1) is 57.9 Å². The lowest BCUT2D eigenvalue weighted by atomic mass is 9.91. The molecule has 0 aromatic rings. The number of carbonyl (C=O) groups excluding carboxylic acids is 3. The Morgan fingerprint density at radius 1 is 0.303 bits per heavy atom. The molecule has 2 atom stereocenters. The number of hydrogen-bond donors (Lipinski definition) is 0. The molecule has 0 aromatic carbocycles. The van der Waals surface area contributed by atoms with Gasteiger partial charge in [0.1, 0.15) is 58.0 Å². The fourth-order valence-electron chi connectivity index (χ4n) is 4.32. The molecule has 0 N–H and O–H groups in total. The third-order valence-electron chi connectivity index (χ3n) is 8.54. The van der Waals surface area contributed by atoms with Gasteiger partial charge in [-0.25, -0.2) is 0 Å². The first-order valence-electron chi connectivity index (χ1n) is 19.4. The average Bonchev–Trinajstić information content (AvgIpc) is 3.19. The maximum Gasteiger partial charge on any atom is 0.455 e. The van der Waals surface area contributed by atoms with Gasteiger partial charge in [0.15, 0.2) is 0 Å². The number of rotatable bonds is 32. The molecule has 0 bridgehead atoms. The van der Waals surface area contributed by atoms with E-state index in [1.165, 1.54) is 0 Å². The Morgan fingerprint density at radius 2 is 0.487 bits per heavy atom. The van der Waals surface area contributed by atoms with Crippen LogP contribution in [0.15, 0.2) is 0 Å². The van der Waals surface area contributed by atoms with Crippen molar-refractivity contribution in [2.75, 3.05) is 79.3 Å². The second-order valence-electron chi connectivity index (χ2n) is 15.1. The number of ether oxygens (including phenoxy) is 9. The predicted molar refractivity (Wildman–Crippen MR) is 178 cm³/mol. The molecule has 42 heteroatoms. The lowest BCUT2D eigenvalue weighted by molar-refractivity contribution is -0.301. The quantitative estimate of drug-likeness (QED) is 0.0361. The minimum Gasteiger partial charge on any atom is -0.457 e.